The Hall–Kier alpha value is -0.750. The molecule has 0 fully saturated rings. The molecule has 1 unspecified atom stereocenters. The molecule has 0 radical (unpaired) electrons. The normalized spacial score (nSPS) is 12.5. The molecular weight excluding hydrogens is 264 g/mol. The van der Waals surface area contributed by atoms with Crippen LogP contribution in [-0.4, -0.2) is 4.57 Å². The number of aromatic nitrogens is 1. The second-order valence-corrected chi connectivity index (χ2v) is 5.03. The molecule has 0 bridgehead atoms. The summed E-state index contributed by atoms with van der Waals surface area (Å²) in [6.07, 6.45) is 2.19. The van der Waals surface area contributed by atoms with Crippen LogP contribution < -0.4 is 0 Å². The van der Waals surface area contributed by atoms with E-state index < -0.39 is 0 Å². The number of rotatable bonds is 4. The third kappa shape index (κ3) is 2.17. The van der Waals surface area contributed by atoms with Gasteiger partial charge in [-0.15, -0.1) is 0 Å². The SMILES string of the molecule is CCCn1c(C)c(C#N)c(Br)c1C(C)CC. The third-order valence-electron chi connectivity index (χ3n) is 3.14. The summed E-state index contributed by atoms with van der Waals surface area (Å²) in [5.74, 6) is 0.488. The van der Waals surface area contributed by atoms with Gasteiger partial charge >= 0.3 is 0 Å². The zero-order valence-electron chi connectivity index (χ0n) is 10.5. The summed E-state index contributed by atoms with van der Waals surface area (Å²) in [5.41, 5.74) is 3.16. The highest BCUT2D eigenvalue weighted by atomic mass is 79.9. The van der Waals surface area contributed by atoms with Crippen LogP contribution >= 0.6 is 15.9 Å². The molecule has 3 heteroatoms. The Labute approximate surface area is 106 Å². The summed E-state index contributed by atoms with van der Waals surface area (Å²) in [7, 11) is 0. The van der Waals surface area contributed by atoms with Gasteiger partial charge in [-0.25, -0.2) is 0 Å². The van der Waals surface area contributed by atoms with E-state index in [4.69, 9.17) is 5.26 Å². The van der Waals surface area contributed by atoms with Gasteiger partial charge in [0, 0.05) is 17.9 Å². The van der Waals surface area contributed by atoms with E-state index in [1.165, 1.54) is 5.69 Å². The van der Waals surface area contributed by atoms with E-state index in [0.717, 1.165) is 35.1 Å². The molecule has 0 aliphatic heterocycles. The summed E-state index contributed by atoms with van der Waals surface area (Å²) in [6.45, 7) is 9.59. The first-order valence-electron chi connectivity index (χ1n) is 5.86. The minimum Gasteiger partial charge on any atom is -0.346 e. The van der Waals surface area contributed by atoms with Crippen LogP contribution in [0.2, 0.25) is 0 Å². The molecule has 1 rings (SSSR count). The van der Waals surface area contributed by atoms with Gasteiger partial charge in [0.2, 0.25) is 0 Å². The number of nitriles is 1. The molecule has 0 spiro atoms. The smallest absolute Gasteiger partial charge is 0.102 e. The molecule has 0 saturated heterocycles. The van der Waals surface area contributed by atoms with Gasteiger partial charge in [0.25, 0.3) is 0 Å². The van der Waals surface area contributed by atoms with Crippen LogP contribution in [-0.2, 0) is 6.54 Å². The predicted molar refractivity (Wildman–Crippen MR) is 70.6 cm³/mol. The molecule has 1 aromatic rings. The van der Waals surface area contributed by atoms with Gasteiger partial charge in [-0.1, -0.05) is 20.8 Å². The van der Waals surface area contributed by atoms with Crippen LogP contribution in [0.5, 0.6) is 0 Å². The lowest BCUT2D eigenvalue weighted by Crippen LogP contribution is -2.07. The molecule has 0 aliphatic carbocycles. The summed E-state index contributed by atoms with van der Waals surface area (Å²) in [6, 6.07) is 2.29. The maximum absolute atomic E-state index is 9.17. The molecule has 1 atom stereocenters. The van der Waals surface area contributed by atoms with Gasteiger partial charge in [0.15, 0.2) is 0 Å². The highest BCUT2D eigenvalue weighted by molar-refractivity contribution is 9.10. The van der Waals surface area contributed by atoms with E-state index in [1.807, 2.05) is 6.92 Å². The van der Waals surface area contributed by atoms with Gasteiger partial charge in [0.1, 0.15) is 6.07 Å². The zero-order valence-corrected chi connectivity index (χ0v) is 12.1. The van der Waals surface area contributed by atoms with Gasteiger partial charge in [-0.2, -0.15) is 5.26 Å². The molecule has 0 aromatic carbocycles. The maximum atomic E-state index is 9.17. The average molecular weight is 283 g/mol. The van der Waals surface area contributed by atoms with Crippen LogP contribution in [0.4, 0.5) is 0 Å². The number of hydrogen-bond donors (Lipinski definition) is 0. The van der Waals surface area contributed by atoms with Crippen LogP contribution in [0, 0.1) is 18.3 Å². The Morgan fingerprint density at radius 1 is 1.44 bits per heavy atom. The quantitative estimate of drug-likeness (QED) is 0.807. The van der Waals surface area contributed by atoms with Crippen molar-refractivity contribution >= 4 is 15.9 Å². The molecule has 0 N–H and O–H groups in total. The van der Waals surface area contributed by atoms with Crippen LogP contribution in [0.15, 0.2) is 4.47 Å². The highest BCUT2D eigenvalue weighted by Gasteiger charge is 2.21. The third-order valence-corrected chi connectivity index (χ3v) is 3.94. The van der Waals surface area contributed by atoms with Crippen molar-refractivity contribution in [3.05, 3.63) is 21.4 Å². The summed E-state index contributed by atoms with van der Waals surface area (Å²) < 4.78 is 3.28. The summed E-state index contributed by atoms with van der Waals surface area (Å²) >= 11 is 3.58. The second-order valence-electron chi connectivity index (χ2n) is 4.23. The van der Waals surface area contributed by atoms with E-state index >= 15 is 0 Å². The van der Waals surface area contributed by atoms with Crippen LogP contribution in [0.25, 0.3) is 0 Å². The highest BCUT2D eigenvalue weighted by Crippen LogP contribution is 2.34. The van der Waals surface area contributed by atoms with Crippen LogP contribution in [0.3, 0.4) is 0 Å². The molecule has 16 heavy (non-hydrogen) atoms. The van der Waals surface area contributed by atoms with E-state index in [9.17, 15) is 0 Å². The Balaban J connectivity index is 3.39. The van der Waals surface area contributed by atoms with E-state index in [1.54, 1.807) is 0 Å². The topological polar surface area (TPSA) is 28.7 Å². The predicted octanol–water partition coefficient (Wildman–Crippen LogP) is 4.35. The Kier molecular flexibility index (Phi) is 4.61. The first-order valence-corrected chi connectivity index (χ1v) is 6.66. The van der Waals surface area contributed by atoms with Crippen LogP contribution in [0.1, 0.15) is 56.5 Å². The standard InChI is InChI=1S/C13H19BrN2/c1-5-7-16-10(4)11(8-15)12(14)13(16)9(3)6-2/h9H,5-7H2,1-4H3. The fourth-order valence-corrected chi connectivity index (χ4v) is 3.02. The summed E-state index contributed by atoms with van der Waals surface area (Å²) in [4.78, 5) is 0. The number of nitrogens with zero attached hydrogens (tertiary/aromatic N) is 2. The minimum atomic E-state index is 0.488. The lowest BCUT2D eigenvalue weighted by atomic mass is 10.0. The molecule has 0 aliphatic rings. The number of halogens is 1. The van der Waals surface area contributed by atoms with Crippen molar-refractivity contribution in [2.45, 2.75) is 53.0 Å². The van der Waals surface area contributed by atoms with Gasteiger partial charge < -0.3 is 4.57 Å². The first kappa shape index (κ1) is 13.3. The summed E-state index contributed by atoms with van der Waals surface area (Å²) in [5, 5.41) is 9.17. The Bertz CT molecular complexity index is 413. The fourth-order valence-electron chi connectivity index (χ4n) is 2.04. The molecule has 88 valence electrons. The number of hydrogen-bond acceptors (Lipinski definition) is 1. The lowest BCUT2D eigenvalue weighted by molar-refractivity contribution is 0.584. The van der Waals surface area contributed by atoms with E-state index in [0.29, 0.717) is 5.92 Å². The maximum Gasteiger partial charge on any atom is 0.102 e. The monoisotopic (exact) mass is 282 g/mol. The molecule has 0 saturated carbocycles. The van der Waals surface area contributed by atoms with Gasteiger partial charge in [-0.05, 0) is 41.6 Å². The van der Waals surface area contributed by atoms with Crippen molar-refractivity contribution in [2.75, 3.05) is 0 Å². The molecule has 1 aromatic heterocycles. The van der Waals surface area contributed by atoms with Crippen molar-refractivity contribution in [1.29, 1.82) is 5.26 Å². The molecule has 0 amide bonds. The van der Waals surface area contributed by atoms with Crippen molar-refractivity contribution in [3.63, 3.8) is 0 Å². The van der Waals surface area contributed by atoms with Gasteiger partial charge in [0.05, 0.1) is 10.0 Å². The minimum absolute atomic E-state index is 0.488. The van der Waals surface area contributed by atoms with Gasteiger partial charge in [-0.3, -0.25) is 0 Å². The van der Waals surface area contributed by atoms with Crippen molar-refractivity contribution < 1.29 is 0 Å². The van der Waals surface area contributed by atoms with Crippen molar-refractivity contribution in [3.8, 4) is 6.07 Å². The second kappa shape index (κ2) is 5.54. The molecule has 1 heterocycles. The zero-order chi connectivity index (χ0) is 12.3. The largest absolute Gasteiger partial charge is 0.346 e. The van der Waals surface area contributed by atoms with E-state index in [-0.39, 0.29) is 0 Å². The molecular formula is C13H19BrN2. The fraction of sp³-hybridized carbons (Fsp3) is 0.615. The Morgan fingerprint density at radius 2 is 2.06 bits per heavy atom. The van der Waals surface area contributed by atoms with Crippen molar-refractivity contribution in [1.82, 2.24) is 4.57 Å². The van der Waals surface area contributed by atoms with Crippen molar-refractivity contribution in [2.24, 2.45) is 0 Å². The lowest BCUT2D eigenvalue weighted by Gasteiger charge is -2.15. The Morgan fingerprint density at radius 3 is 2.50 bits per heavy atom. The average Bonchev–Trinajstić information content (AvgIpc) is 2.50. The first-order chi connectivity index (χ1) is 7.58. The van der Waals surface area contributed by atoms with E-state index in [2.05, 4.69) is 47.3 Å². The molecule has 2 nitrogen and oxygen atoms in total.